The van der Waals surface area contributed by atoms with Crippen LogP contribution in [-0.2, 0) is 26.6 Å². The van der Waals surface area contributed by atoms with Crippen LogP contribution in [0.5, 0.6) is 5.75 Å². The van der Waals surface area contributed by atoms with Crippen molar-refractivity contribution in [3.05, 3.63) is 100 Å². The van der Waals surface area contributed by atoms with Gasteiger partial charge in [0.2, 0.25) is 0 Å². The van der Waals surface area contributed by atoms with Gasteiger partial charge in [0.15, 0.2) is 11.6 Å². The standard InChI is InChI=1S/C28H25FN4O/c1-32(17-22-9-5-3-7-20(22)15-30)14-13-23-18-33(2)26-12-11-25(29)28(27(23)26)34-19-24-10-6-4-8-21(24)16-31/h3-12,18H,13-14,17,19H2,1-2H3. The molecule has 0 aliphatic heterocycles. The maximum absolute atomic E-state index is 14.9. The SMILES string of the molecule is CN(CCc1cn(C)c2ccc(F)c(OCc3ccccc3C#N)c12)Cc1ccccc1C#N. The van der Waals surface area contributed by atoms with Crippen LogP contribution in [0.15, 0.2) is 66.9 Å². The molecular weight excluding hydrogens is 427 g/mol. The van der Waals surface area contributed by atoms with E-state index in [0.717, 1.165) is 34.1 Å². The Bertz CT molecular complexity index is 1410. The fourth-order valence-electron chi connectivity index (χ4n) is 4.20. The predicted molar refractivity (Wildman–Crippen MR) is 130 cm³/mol. The second-order valence-corrected chi connectivity index (χ2v) is 8.35. The average molecular weight is 453 g/mol. The summed E-state index contributed by atoms with van der Waals surface area (Å²) in [5.41, 5.74) is 4.77. The number of fused-ring (bicyclic) bond motifs is 1. The molecule has 0 unspecified atom stereocenters. The lowest BCUT2D eigenvalue weighted by atomic mass is 10.1. The molecule has 0 aliphatic carbocycles. The van der Waals surface area contributed by atoms with Crippen molar-refractivity contribution >= 4 is 10.9 Å². The van der Waals surface area contributed by atoms with Crippen LogP contribution in [0.2, 0.25) is 0 Å². The molecule has 0 saturated carbocycles. The summed E-state index contributed by atoms with van der Waals surface area (Å²) in [7, 11) is 3.95. The lowest BCUT2D eigenvalue weighted by molar-refractivity contribution is 0.293. The maximum atomic E-state index is 14.9. The van der Waals surface area contributed by atoms with E-state index in [0.29, 0.717) is 24.1 Å². The minimum Gasteiger partial charge on any atom is -0.485 e. The van der Waals surface area contributed by atoms with E-state index in [-0.39, 0.29) is 12.4 Å². The first-order chi connectivity index (χ1) is 16.5. The molecule has 4 aromatic rings. The van der Waals surface area contributed by atoms with Crippen LogP contribution < -0.4 is 4.74 Å². The molecule has 0 N–H and O–H groups in total. The van der Waals surface area contributed by atoms with Crippen LogP contribution in [-0.4, -0.2) is 23.1 Å². The van der Waals surface area contributed by atoms with Gasteiger partial charge in [-0.3, -0.25) is 0 Å². The van der Waals surface area contributed by atoms with E-state index in [4.69, 9.17) is 4.74 Å². The third-order valence-corrected chi connectivity index (χ3v) is 5.99. The zero-order chi connectivity index (χ0) is 24.1. The van der Waals surface area contributed by atoms with E-state index < -0.39 is 5.82 Å². The quantitative estimate of drug-likeness (QED) is 0.363. The monoisotopic (exact) mass is 452 g/mol. The number of nitriles is 2. The normalized spacial score (nSPS) is 10.9. The number of aryl methyl sites for hydroxylation is 1. The lowest BCUT2D eigenvalue weighted by Gasteiger charge is -2.17. The summed E-state index contributed by atoms with van der Waals surface area (Å²) in [4.78, 5) is 2.15. The Morgan fingerprint density at radius 2 is 1.56 bits per heavy atom. The fraction of sp³-hybridized carbons (Fsp3) is 0.214. The highest BCUT2D eigenvalue weighted by Crippen LogP contribution is 2.34. The number of hydrogen-bond acceptors (Lipinski definition) is 4. The molecule has 0 spiro atoms. The zero-order valence-corrected chi connectivity index (χ0v) is 19.3. The molecule has 0 atom stereocenters. The molecule has 1 aromatic heterocycles. The second-order valence-electron chi connectivity index (χ2n) is 8.35. The van der Waals surface area contributed by atoms with Crippen LogP contribution >= 0.6 is 0 Å². The van der Waals surface area contributed by atoms with Gasteiger partial charge in [-0.2, -0.15) is 10.5 Å². The lowest BCUT2D eigenvalue weighted by Crippen LogP contribution is -2.21. The molecule has 1 heterocycles. The van der Waals surface area contributed by atoms with Crippen LogP contribution in [0.1, 0.15) is 27.8 Å². The van der Waals surface area contributed by atoms with Gasteiger partial charge < -0.3 is 14.2 Å². The first kappa shape index (κ1) is 23.0. The highest BCUT2D eigenvalue weighted by atomic mass is 19.1. The Morgan fingerprint density at radius 1 is 0.912 bits per heavy atom. The first-order valence-electron chi connectivity index (χ1n) is 11.1. The molecule has 170 valence electrons. The van der Waals surface area contributed by atoms with Crippen molar-refractivity contribution in [1.82, 2.24) is 9.47 Å². The van der Waals surface area contributed by atoms with E-state index in [9.17, 15) is 14.9 Å². The third-order valence-electron chi connectivity index (χ3n) is 5.99. The smallest absolute Gasteiger partial charge is 0.165 e. The molecule has 0 aliphatic rings. The summed E-state index contributed by atoms with van der Waals surface area (Å²) in [6.45, 7) is 1.49. The molecule has 0 bridgehead atoms. The van der Waals surface area contributed by atoms with Crippen LogP contribution in [0.3, 0.4) is 0 Å². The summed E-state index contributed by atoms with van der Waals surface area (Å²) in [5.74, 6) is -0.219. The minimum absolute atomic E-state index is 0.110. The molecule has 34 heavy (non-hydrogen) atoms. The number of likely N-dealkylation sites (N-methyl/N-ethyl adjacent to an activating group) is 1. The van der Waals surface area contributed by atoms with Crippen molar-refractivity contribution in [3.8, 4) is 17.9 Å². The van der Waals surface area contributed by atoms with Crippen LogP contribution in [0.25, 0.3) is 10.9 Å². The topological polar surface area (TPSA) is 65.0 Å². The van der Waals surface area contributed by atoms with E-state index in [1.807, 2.05) is 61.3 Å². The molecule has 6 heteroatoms. The van der Waals surface area contributed by atoms with Crippen molar-refractivity contribution < 1.29 is 9.13 Å². The molecular formula is C28H25FN4O. The van der Waals surface area contributed by atoms with Gasteiger partial charge in [0, 0.05) is 37.3 Å². The molecule has 0 radical (unpaired) electrons. The van der Waals surface area contributed by atoms with E-state index in [2.05, 4.69) is 17.0 Å². The second kappa shape index (κ2) is 10.2. The Morgan fingerprint density at radius 3 is 2.26 bits per heavy atom. The molecule has 4 rings (SSSR count). The zero-order valence-electron chi connectivity index (χ0n) is 19.3. The Balaban J connectivity index is 1.57. The number of halogens is 1. The molecule has 0 amide bonds. The largest absolute Gasteiger partial charge is 0.485 e. The number of hydrogen-bond donors (Lipinski definition) is 0. The molecule has 3 aromatic carbocycles. The number of aromatic nitrogens is 1. The van der Waals surface area contributed by atoms with Crippen LogP contribution in [0.4, 0.5) is 4.39 Å². The Kier molecular flexibility index (Phi) is 6.92. The van der Waals surface area contributed by atoms with E-state index in [1.54, 1.807) is 18.2 Å². The predicted octanol–water partition coefficient (Wildman–Crippen LogP) is 5.31. The van der Waals surface area contributed by atoms with Gasteiger partial charge in [-0.05, 0) is 48.9 Å². The van der Waals surface area contributed by atoms with Crippen molar-refractivity contribution in [2.75, 3.05) is 13.6 Å². The third kappa shape index (κ3) is 4.78. The summed E-state index contributed by atoms with van der Waals surface area (Å²) < 4.78 is 22.9. The van der Waals surface area contributed by atoms with Gasteiger partial charge in [-0.25, -0.2) is 4.39 Å². The number of benzene rings is 3. The number of ether oxygens (including phenoxy) is 1. The number of nitrogens with zero attached hydrogens (tertiary/aromatic N) is 4. The Labute approximate surface area is 198 Å². The highest BCUT2D eigenvalue weighted by molar-refractivity contribution is 5.90. The highest BCUT2D eigenvalue weighted by Gasteiger charge is 2.18. The molecule has 0 fully saturated rings. The maximum Gasteiger partial charge on any atom is 0.165 e. The van der Waals surface area contributed by atoms with E-state index in [1.165, 1.54) is 6.07 Å². The summed E-state index contributed by atoms with van der Waals surface area (Å²) in [6, 6.07) is 22.3. The van der Waals surface area contributed by atoms with Gasteiger partial charge >= 0.3 is 0 Å². The number of rotatable bonds is 8. The average Bonchev–Trinajstić information content (AvgIpc) is 3.18. The fourth-order valence-corrected chi connectivity index (χ4v) is 4.20. The summed E-state index contributed by atoms with van der Waals surface area (Å²) in [5, 5.41) is 19.4. The van der Waals surface area contributed by atoms with Crippen LogP contribution in [0, 0.1) is 28.5 Å². The minimum atomic E-state index is -0.425. The first-order valence-corrected chi connectivity index (χ1v) is 11.1. The van der Waals surface area contributed by atoms with Gasteiger partial charge in [-0.1, -0.05) is 36.4 Å². The Hall–Kier alpha value is -4.13. The van der Waals surface area contributed by atoms with Crippen molar-refractivity contribution in [2.24, 2.45) is 7.05 Å². The van der Waals surface area contributed by atoms with E-state index >= 15 is 0 Å². The molecule has 5 nitrogen and oxygen atoms in total. The summed E-state index contributed by atoms with van der Waals surface area (Å²) in [6.07, 6.45) is 2.70. The molecule has 0 saturated heterocycles. The van der Waals surface area contributed by atoms with Crippen molar-refractivity contribution in [1.29, 1.82) is 10.5 Å². The van der Waals surface area contributed by atoms with Crippen molar-refractivity contribution in [3.63, 3.8) is 0 Å². The van der Waals surface area contributed by atoms with Gasteiger partial charge in [0.05, 0.1) is 28.8 Å². The van der Waals surface area contributed by atoms with Gasteiger partial charge in [0.25, 0.3) is 0 Å². The van der Waals surface area contributed by atoms with Crippen molar-refractivity contribution in [2.45, 2.75) is 19.6 Å². The van der Waals surface area contributed by atoms with Gasteiger partial charge in [0.1, 0.15) is 6.61 Å². The summed E-state index contributed by atoms with van der Waals surface area (Å²) >= 11 is 0. The van der Waals surface area contributed by atoms with Gasteiger partial charge in [-0.15, -0.1) is 0 Å².